The molecule has 1 aliphatic rings. The molecule has 1 saturated heterocycles. The first-order chi connectivity index (χ1) is 6.70. The van der Waals surface area contributed by atoms with E-state index in [0.29, 0.717) is 13.0 Å². The topological polar surface area (TPSA) is 46.6 Å². The molecule has 0 aliphatic carbocycles. The molecule has 80 valence electrons. The molecule has 1 rings (SSSR count). The third-order valence-electron chi connectivity index (χ3n) is 2.11. The lowest BCUT2D eigenvalue weighted by molar-refractivity contribution is -0.159. The van der Waals surface area contributed by atoms with Crippen LogP contribution in [0.15, 0.2) is 0 Å². The Hall–Kier alpha value is -0.710. The summed E-state index contributed by atoms with van der Waals surface area (Å²) in [7, 11) is 0. The van der Waals surface area contributed by atoms with Gasteiger partial charge in [-0.2, -0.15) is 0 Å². The Morgan fingerprint density at radius 3 is 2.93 bits per heavy atom. The quantitative estimate of drug-likeness (QED) is 0.300. The molecule has 0 aromatic carbocycles. The van der Waals surface area contributed by atoms with E-state index in [9.17, 15) is 9.59 Å². The standard InChI is InChI=1S/C9H15NO3S/c1-3-4-5-13-9(12)7-6-8(11)10(7)14-2/h7H,3-6H2,1-2H3/t7-/m0/s1. The Balaban J connectivity index is 2.28. The van der Waals surface area contributed by atoms with Crippen molar-refractivity contribution in [3.05, 3.63) is 0 Å². The van der Waals surface area contributed by atoms with Crippen LogP contribution in [0, 0.1) is 0 Å². The molecule has 1 amide bonds. The van der Waals surface area contributed by atoms with E-state index >= 15 is 0 Å². The number of amides is 1. The van der Waals surface area contributed by atoms with Crippen molar-refractivity contribution in [2.75, 3.05) is 12.9 Å². The number of carbonyl (C=O) groups is 2. The molecule has 0 N–H and O–H groups in total. The molecule has 1 atom stereocenters. The van der Waals surface area contributed by atoms with E-state index in [1.54, 1.807) is 6.26 Å². The number of hydrogen-bond donors (Lipinski definition) is 0. The van der Waals surface area contributed by atoms with Crippen LogP contribution in [0.5, 0.6) is 0 Å². The molecule has 1 fully saturated rings. The zero-order chi connectivity index (χ0) is 10.6. The lowest BCUT2D eigenvalue weighted by atomic mass is 10.1. The summed E-state index contributed by atoms with van der Waals surface area (Å²) in [6.07, 6.45) is 3.96. The number of unbranched alkanes of at least 4 members (excludes halogenated alkanes) is 1. The van der Waals surface area contributed by atoms with Gasteiger partial charge in [-0.05, 0) is 6.42 Å². The predicted molar refractivity (Wildman–Crippen MR) is 54.6 cm³/mol. The molecule has 14 heavy (non-hydrogen) atoms. The van der Waals surface area contributed by atoms with Gasteiger partial charge in [0.05, 0.1) is 13.0 Å². The van der Waals surface area contributed by atoms with Crippen LogP contribution in [0.3, 0.4) is 0 Å². The van der Waals surface area contributed by atoms with Crippen LogP contribution in [0.2, 0.25) is 0 Å². The van der Waals surface area contributed by atoms with Gasteiger partial charge >= 0.3 is 5.97 Å². The zero-order valence-electron chi connectivity index (χ0n) is 8.49. The Kier molecular flexibility index (Phi) is 4.25. The van der Waals surface area contributed by atoms with E-state index in [1.165, 1.54) is 16.3 Å². The highest BCUT2D eigenvalue weighted by Gasteiger charge is 2.42. The molecule has 1 heterocycles. The molecule has 1 aliphatic heterocycles. The van der Waals surface area contributed by atoms with Gasteiger partial charge in [-0.15, -0.1) is 0 Å². The van der Waals surface area contributed by atoms with E-state index in [-0.39, 0.29) is 17.9 Å². The Morgan fingerprint density at radius 1 is 1.71 bits per heavy atom. The molecule has 0 radical (unpaired) electrons. The number of carbonyl (C=O) groups excluding carboxylic acids is 2. The van der Waals surface area contributed by atoms with E-state index in [1.807, 2.05) is 6.92 Å². The fourth-order valence-electron chi connectivity index (χ4n) is 1.22. The lowest BCUT2D eigenvalue weighted by Gasteiger charge is -2.35. The normalized spacial score (nSPS) is 20.6. The number of rotatable bonds is 5. The average molecular weight is 217 g/mol. The number of hydrogen-bond acceptors (Lipinski definition) is 4. The van der Waals surface area contributed by atoms with Crippen LogP contribution < -0.4 is 0 Å². The predicted octanol–water partition coefficient (Wildman–Crippen LogP) is 1.21. The number of esters is 1. The SMILES string of the molecule is CCCCOC(=O)[C@@H]1CC(=O)N1SC. The molecule has 5 heteroatoms. The van der Waals surface area contributed by atoms with Crippen molar-refractivity contribution in [2.45, 2.75) is 32.2 Å². The highest BCUT2D eigenvalue weighted by atomic mass is 32.2. The highest BCUT2D eigenvalue weighted by Crippen LogP contribution is 2.26. The maximum absolute atomic E-state index is 11.4. The van der Waals surface area contributed by atoms with E-state index < -0.39 is 0 Å². The Morgan fingerprint density at radius 2 is 2.43 bits per heavy atom. The summed E-state index contributed by atoms with van der Waals surface area (Å²) in [4.78, 5) is 22.4. The first-order valence-corrected chi connectivity index (χ1v) is 5.91. The smallest absolute Gasteiger partial charge is 0.330 e. The second-order valence-corrected chi connectivity index (χ2v) is 3.90. The van der Waals surface area contributed by atoms with Crippen LogP contribution in [-0.2, 0) is 14.3 Å². The summed E-state index contributed by atoms with van der Waals surface area (Å²) in [6, 6.07) is -0.352. The molecule has 0 bridgehead atoms. The minimum absolute atomic E-state index is 0.00921. The fraction of sp³-hybridized carbons (Fsp3) is 0.778. The van der Waals surface area contributed by atoms with Gasteiger partial charge in [-0.25, -0.2) is 4.79 Å². The summed E-state index contributed by atoms with van der Waals surface area (Å²) in [6.45, 7) is 2.50. The second kappa shape index (κ2) is 5.24. The van der Waals surface area contributed by atoms with Crippen molar-refractivity contribution in [1.29, 1.82) is 0 Å². The number of ether oxygens (including phenoxy) is 1. The monoisotopic (exact) mass is 217 g/mol. The largest absolute Gasteiger partial charge is 0.464 e. The van der Waals surface area contributed by atoms with Crippen LogP contribution in [0.4, 0.5) is 0 Å². The Bertz CT molecular complexity index is 232. The van der Waals surface area contributed by atoms with Crippen LogP contribution in [0.1, 0.15) is 26.2 Å². The molecule has 0 spiro atoms. The van der Waals surface area contributed by atoms with Crippen molar-refractivity contribution in [2.24, 2.45) is 0 Å². The second-order valence-electron chi connectivity index (χ2n) is 3.14. The first-order valence-electron chi connectivity index (χ1n) is 4.73. The van der Waals surface area contributed by atoms with Crippen LogP contribution >= 0.6 is 11.9 Å². The lowest BCUT2D eigenvalue weighted by Crippen LogP contribution is -2.53. The van der Waals surface area contributed by atoms with Gasteiger partial charge in [0.1, 0.15) is 6.04 Å². The van der Waals surface area contributed by atoms with Crippen molar-refractivity contribution >= 4 is 23.8 Å². The Labute approximate surface area is 88.1 Å². The van der Waals surface area contributed by atoms with Gasteiger partial charge in [0.2, 0.25) is 5.91 Å². The minimum Gasteiger partial charge on any atom is -0.464 e. The average Bonchev–Trinajstić information content (AvgIpc) is 2.15. The van der Waals surface area contributed by atoms with Gasteiger partial charge in [-0.1, -0.05) is 25.3 Å². The van der Waals surface area contributed by atoms with Gasteiger partial charge in [0.25, 0.3) is 0 Å². The molecular formula is C9H15NO3S. The maximum atomic E-state index is 11.4. The molecule has 0 aromatic rings. The maximum Gasteiger partial charge on any atom is 0.330 e. The fourth-order valence-corrected chi connectivity index (χ4v) is 1.91. The van der Waals surface area contributed by atoms with Gasteiger partial charge in [0, 0.05) is 6.26 Å². The first kappa shape index (κ1) is 11.4. The van der Waals surface area contributed by atoms with Crippen molar-refractivity contribution in [3.8, 4) is 0 Å². The molecule has 0 aromatic heterocycles. The third-order valence-corrected chi connectivity index (χ3v) is 2.96. The van der Waals surface area contributed by atoms with Crippen molar-refractivity contribution < 1.29 is 14.3 Å². The highest BCUT2D eigenvalue weighted by molar-refractivity contribution is 7.96. The summed E-state index contributed by atoms with van der Waals surface area (Å²) >= 11 is 1.28. The molecule has 4 nitrogen and oxygen atoms in total. The van der Waals surface area contributed by atoms with Crippen molar-refractivity contribution in [3.63, 3.8) is 0 Å². The van der Waals surface area contributed by atoms with Crippen LogP contribution in [-0.4, -0.2) is 35.1 Å². The van der Waals surface area contributed by atoms with Gasteiger partial charge < -0.3 is 4.74 Å². The number of β-lactam (4-membered cyclic amide) rings is 1. The van der Waals surface area contributed by atoms with Crippen molar-refractivity contribution in [1.82, 2.24) is 4.31 Å². The summed E-state index contributed by atoms with van der Waals surface area (Å²) in [5.74, 6) is -0.262. The molecular weight excluding hydrogens is 202 g/mol. The van der Waals surface area contributed by atoms with E-state index in [4.69, 9.17) is 4.74 Å². The number of nitrogens with zero attached hydrogens (tertiary/aromatic N) is 1. The van der Waals surface area contributed by atoms with E-state index in [0.717, 1.165) is 12.8 Å². The molecule has 0 unspecified atom stereocenters. The zero-order valence-corrected chi connectivity index (χ0v) is 9.30. The summed E-state index contributed by atoms with van der Waals surface area (Å²) < 4.78 is 6.49. The van der Waals surface area contributed by atoms with Crippen LogP contribution in [0.25, 0.3) is 0 Å². The summed E-state index contributed by atoms with van der Waals surface area (Å²) in [5, 5.41) is 0. The van der Waals surface area contributed by atoms with Gasteiger partial charge in [0.15, 0.2) is 0 Å². The minimum atomic E-state index is -0.352. The third kappa shape index (κ3) is 2.41. The van der Waals surface area contributed by atoms with E-state index in [2.05, 4.69) is 0 Å². The summed E-state index contributed by atoms with van der Waals surface area (Å²) in [5.41, 5.74) is 0. The molecule has 0 saturated carbocycles. The van der Waals surface area contributed by atoms with Gasteiger partial charge in [-0.3, -0.25) is 9.10 Å².